The normalized spacial score (nSPS) is 14.1. The van der Waals surface area contributed by atoms with Crippen LogP contribution in [0.2, 0.25) is 0 Å². The molecule has 1 N–H and O–H groups in total. The highest BCUT2D eigenvalue weighted by Crippen LogP contribution is 2.29. The average molecular weight is 248 g/mol. The van der Waals surface area contributed by atoms with Gasteiger partial charge >= 0.3 is 5.97 Å². The molecule has 0 aromatic heterocycles. The summed E-state index contributed by atoms with van der Waals surface area (Å²) in [5, 5.41) is 8.55. The molecule has 18 heavy (non-hydrogen) atoms. The van der Waals surface area contributed by atoms with Gasteiger partial charge in [-0.1, -0.05) is 0 Å². The minimum Gasteiger partial charge on any atom is -0.489 e. The Morgan fingerprint density at radius 1 is 1.56 bits per heavy atom. The van der Waals surface area contributed by atoms with Gasteiger partial charge in [0, 0.05) is 12.1 Å². The summed E-state index contributed by atoms with van der Waals surface area (Å²) >= 11 is 0. The fourth-order valence-corrected chi connectivity index (χ4v) is 1.61. The summed E-state index contributed by atoms with van der Waals surface area (Å²) in [4.78, 5) is 21.7. The molecule has 0 aliphatic carbocycles. The third-order valence-electron chi connectivity index (χ3n) is 2.45. The predicted molar refractivity (Wildman–Crippen MR) is 63.2 cm³/mol. The molecular weight excluding hydrogens is 236 g/mol. The first-order valence-corrected chi connectivity index (χ1v) is 5.39. The van der Waals surface area contributed by atoms with Gasteiger partial charge in [0.25, 0.3) is 0 Å². The van der Waals surface area contributed by atoms with E-state index >= 15 is 0 Å². The summed E-state index contributed by atoms with van der Waals surface area (Å²) in [5.41, 5.74) is 1.15. The van der Waals surface area contributed by atoms with Crippen molar-refractivity contribution in [2.75, 3.05) is 13.2 Å². The molecule has 1 heterocycles. The quantitative estimate of drug-likeness (QED) is 0.820. The smallest absolute Gasteiger partial charge is 0.328 e. The number of rotatable bonds is 4. The van der Waals surface area contributed by atoms with Crippen LogP contribution in [0, 0.1) is 0 Å². The number of ether oxygens (including phenoxy) is 2. The number of ketones is 1. The minimum absolute atomic E-state index is 0.0431. The summed E-state index contributed by atoms with van der Waals surface area (Å²) < 4.78 is 10.6. The summed E-state index contributed by atoms with van der Waals surface area (Å²) in [6.45, 7) is 1.91. The highest BCUT2D eigenvalue weighted by atomic mass is 16.5. The van der Waals surface area contributed by atoms with Crippen molar-refractivity contribution >= 4 is 11.8 Å². The second-order valence-corrected chi connectivity index (χ2v) is 3.99. The van der Waals surface area contributed by atoms with Gasteiger partial charge in [0.1, 0.15) is 18.1 Å². The third-order valence-corrected chi connectivity index (χ3v) is 2.45. The fraction of sp³-hybridized carbons (Fsp3) is 0.231. The van der Waals surface area contributed by atoms with Gasteiger partial charge in [-0.05, 0) is 24.6 Å². The number of fused-ring (bicyclic) bond motifs is 1. The molecule has 1 aromatic rings. The van der Waals surface area contributed by atoms with Gasteiger partial charge < -0.3 is 14.6 Å². The van der Waals surface area contributed by atoms with Crippen molar-refractivity contribution in [3.05, 3.63) is 35.4 Å². The third kappa shape index (κ3) is 2.68. The zero-order chi connectivity index (χ0) is 13.1. The molecule has 0 spiro atoms. The zero-order valence-corrected chi connectivity index (χ0v) is 9.80. The highest BCUT2D eigenvalue weighted by molar-refractivity contribution is 6.02. The molecule has 5 nitrogen and oxygen atoms in total. The molecular formula is C13H12O5. The summed E-state index contributed by atoms with van der Waals surface area (Å²) in [6, 6.07) is 4.95. The van der Waals surface area contributed by atoms with Crippen LogP contribution >= 0.6 is 0 Å². The van der Waals surface area contributed by atoms with Crippen LogP contribution in [-0.4, -0.2) is 30.1 Å². The van der Waals surface area contributed by atoms with Crippen molar-refractivity contribution < 1.29 is 24.2 Å². The molecule has 0 fully saturated rings. The molecule has 0 atom stereocenters. The van der Waals surface area contributed by atoms with E-state index < -0.39 is 5.97 Å². The number of Topliss-reactive ketones (excluding diaryl/α,β-unsaturated/α-hetero) is 1. The summed E-state index contributed by atoms with van der Waals surface area (Å²) in [7, 11) is 0. The van der Waals surface area contributed by atoms with Crippen molar-refractivity contribution in [2.24, 2.45) is 0 Å². The van der Waals surface area contributed by atoms with Crippen LogP contribution in [0.5, 0.6) is 11.5 Å². The van der Waals surface area contributed by atoms with Gasteiger partial charge in [-0.15, -0.1) is 0 Å². The van der Waals surface area contributed by atoms with Crippen molar-refractivity contribution in [1.29, 1.82) is 0 Å². The van der Waals surface area contributed by atoms with Crippen LogP contribution in [0.15, 0.2) is 29.8 Å². The molecule has 1 aliphatic rings. The number of hydrogen-bond acceptors (Lipinski definition) is 4. The Labute approximate surface area is 104 Å². The molecule has 5 heteroatoms. The van der Waals surface area contributed by atoms with Crippen LogP contribution in [0.25, 0.3) is 0 Å². The number of aliphatic carboxylic acids is 1. The van der Waals surface area contributed by atoms with E-state index in [1.807, 2.05) is 0 Å². The molecule has 0 bridgehead atoms. The standard InChI is InChI=1S/C13H12O5/c1-8(4-13(15)16)6-17-9-2-3-10-11(14)7-18-12(10)5-9/h2-5H,6-7H2,1H3,(H,15,16). The first-order chi connectivity index (χ1) is 8.56. The van der Waals surface area contributed by atoms with Crippen molar-refractivity contribution in [3.63, 3.8) is 0 Å². The summed E-state index contributed by atoms with van der Waals surface area (Å²) in [5.74, 6) is 0.0106. The first kappa shape index (κ1) is 12.2. The monoisotopic (exact) mass is 248 g/mol. The molecule has 0 unspecified atom stereocenters. The Balaban J connectivity index is 2.04. The lowest BCUT2D eigenvalue weighted by Gasteiger charge is -2.07. The van der Waals surface area contributed by atoms with Crippen molar-refractivity contribution in [2.45, 2.75) is 6.92 Å². The van der Waals surface area contributed by atoms with Gasteiger partial charge in [0.05, 0.1) is 5.56 Å². The maximum absolute atomic E-state index is 11.3. The van der Waals surface area contributed by atoms with E-state index in [9.17, 15) is 9.59 Å². The van der Waals surface area contributed by atoms with E-state index in [1.54, 1.807) is 25.1 Å². The first-order valence-electron chi connectivity index (χ1n) is 5.39. The lowest BCUT2D eigenvalue weighted by Crippen LogP contribution is -2.01. The van der Waals surface area contributed by atoms with E-state index in [4.69, 9.17) is 14.6 Å². The van der Waals surface area contributed by atoms with Gasteiger partial charge in [-0.2, -0.15) is 0 Å². The Morgan fingerprint density at radius 3 is 3.06 bits per heavy atom. The Hall–Kier alpha value is -2.30. The van der Waals surface area contributed by atoms with E-state index in [2.05, 4.69) is 0 Å². The molecule has 1 aromatic carbocycles. The average Bonchev–Trinajstić information content (AvgIpc) is 2.67. The number of carboxylic acid groups (broad SMARTS) is 1. The molecule has 2 rings (SSSR count). The van der Waals surface area contributed by atoms with Gasteiger partial charge in [0.15, 0.2) is 6.61 Å². The minimum atomic E-state index is -1.00. The molecule has 94 valence electrons. The van der Waals surface area contributed by atoms with Gasteiger partial charge in [-0.3, -0.25) is 4.79 Å². The molecule has 0 saturated carbocycles. The Bertz CT molecular complexity index is 530. The van der Waals surface area contributed by atoms with Gasteiger partial charge in [-0.25, -0.2) is 4.79 Å². The molecule has 0 amide bonds. The summed E-state index contributed by atoms with van der Waals surface area (Å²) in [6.07, 6.45) is 1.09. The largest absolute Gasteiger partial charge is 0.489 e. The number of carbonyl (C=O) groups excluding carboxylic acids is 1. The highest BCUT2D eigenvalue weighted by Gasteiger charge is 2.21. The van der Waals surface area contributed by atoms with E-state index in [1.165, 1.54) is 0 Å². The predicted octanol–water partition coefficient (Wildman–Crippen LogP) is 1.67. The fourth-order valence-electron chi connectivity index (χ4n) is 1.61. The number of carbonyl (C=O) groups is 2. The second kappa shape index (κ2) is 4.91. The second-order valence-electron chi connectivity index (χ2n) is 3.99. The maximum atomic E-state index is 11.3. The van der Waals surface area contributed by atoms with E-state index in [0.29, 0.717) is 22.6 Å². The topological polar surface area (TPSA) is 72.8 Å². The lowest BCUT2D eigenvalue weighted by molar-refractivity contribution is -0.131. The Morgan fingerprint density at radius 2 is 2.33 bits per heavy atom. The van der Waals surface area contributed by atoms with E-state index in [-0.39, 0.29) is 19.0 Å². The molecule has 0 radical (unpaired) electrons. The zero-order valence-electron chi connectivity index (χ0n) is 9.80. The SMILES string of the molecule is CC(=CC(=O)O)COc1ccc2c(c1)OCC2=O. The number of carboxylic acids is 1. The van der Waals surface area contributed by atoms with Crippen molar-refractivity contribution in [3.8, 4) is 11.5 Å². The molecule has 0 saturated heterocycles. The van der Waals surface area contributed by atoms with Crippen molar-refractivity contribution in [1.82, 2.24) is 0 Å². The van der Waals surface area contributed by atoms with Crippen LogP contribution in [0.1, 0.15) is 17.3 Å². The van der Waals surface area contributed by atoms with Gasteiger partial charge in [0.2, 0.25) is 5.78 Å². The number of hydrogen-bond donors (Lipinski definition) is 1. The maximum Gasteiger partial charge on any atom is 0.328 e. The van der Waals surface area contributed by atoms with Crippen LogP contribution in [-0.2, 0) is 4.79 Å². The van der Waals surface area contributed by atoms with Crippen LogP contribution in [0.4, 0.5) is 0 Å². The Kier molecular flexibility index (Phi) is 3.32. The lowest BCUT2D eigenvalue weighted by atomic mass is 10.1. The van der Waals surface area contributed by atoms with Crippen LogP contribution in [0.3, 0.4) is 0 Å². The van der Waals surface area contributed by atoms with E-state index in [0.717, 1.165) is 6.08 Å². The van der Waals surface area contributed by atoms with Crippen LogP contribution < -0.4 is 9.47 Å². The number of benzene rings is 1. The molecule has 1 aliphatic heterocycles.